The largest absolute Gasteiger partial charge is 0.478 e. The van der Waals surface area contributed by atoms with Gasteiger partial charge in [0.05, 0.1) is 0 Å². The summed E-state index contributed by atoms with van der Waals surface area (Å²) in [5, 5.41) is 8.60. The van der Waals surface area contributed by atoms with E-state index in [1.807, 2.05) is 0 Å². The number of aromatic carboxylic acids is 1. The first-order valence-electron chi connectivity index (χ1n) is 2.48. The third-order valence-corrected chi connectivity index (χ3v) is 2.16. The number of aryl methyl sites for hydroxylation is 1. The Balaban J connectivity index is 3.23. The number of aromatic nitrogens is 1. The molecule has 1 N–H and O–H groups in total. The molecule has 1 rings (SSSR count). The molecular formula is C5H4ClNO2S. The lowest BCUT2D eigenvalue weighted by Gasteiger charge is -1.87. The second kappa shape index (κ2) is 2.56. The van der Waals surface area contributed by atoms with Crippen LogP contribution in [-0.4, -0.2) is 15.4 Å². The van der Waals surface area contributed by atoms with Crippen molar-refractivity contribution in [2.45, 2.75) is 6.92 Å². The van der Waals surface area contributed by atoms with Crippen molar-refractivity contribution in [3.05, 3.63) is 15.6 Å². The fourth-order valence-corrected chi connectivity index (χ4v) is 1.55. The smallest absolute Gasteiger partial charge is 0.340 e. The summed E-state index contributed by atoms with van der Waals surface area (Å²) < 4.78 is 3.66. The molecule has 0 bridgehead atoms. The monoisotopic (exact) mass is 177 g/mol. The van der Waals surface area contributed by atoms with Gasteiger partial charge in [0.1, 0.15) is 5.56 Å². The predicted molar refractivity (Wildman–Crippen MR) is 38.8 cm³/mol. The van der Waals surface area contributed by atoms with Gasteiger partial charge >= 0.3 is 5.97 Å². The summed E-state index contributed by atoms with van der Waals surface area (Å²) in [6.07, 6.45) is 0. The first-order valence-corrected chi connectivity index (χ1v) is 3.63. The Morgan fingerprint density at radius 2 is 2.40 bits per heavy atom. The van der Waals surface area contributed by atoms with E-state index >= 15 is 0 Å². The zero-order chi connectivity index (χ0) is 7.72. The van der Waals surface area contributed by atoms with Crippen molar-refractivity contribution >= 4 is 29.1 Å². The molecule has 0 fully saturated rings. The number of halogens is 1. The molecule has 0 unspecified atom stereocenters. The van der Waals surface area contributed by atoms with Gasteiger partial charge in [-0.3, -0.25) is 0 Å². The highest BCUT2D eigenvalue weighted by molar-refractivity contribution is 7.06. The Kier molecular flexibility index (Phi) is 1.92. The minimum Gasteiger partial charge on any atom is -0.478 e. The number of hydrogen-bond donors (Lipinski definition) is 1. The Labute approximate surface area is 66.4 Å². The maximum atomic E-state index is 10.4. The van der Waals surface area contributed by atoms with Crippen LogP contribution in [0.4, 0.5) is 0 Å². The van der Waals surface area contributed by atoms with Crippen LogP contribution in [0, 0.1) is 6.92 Å². The lowest BCUT2D eigenvalue weighted by atomic mass is 10.3. The summed E-state index contributed by atoms with van der Waals surface area (Å²) in [4.78, 5) is 11.0. The highest BCUT2D eigenvalue weighted by Crippen LogP contribution is 2.21. The number of carbonyl (C=O) groups is 1. The fourth-order valence-electron chi connectivity index (χ4n) is 0.584. The van der Waals surface area contributed by atoms with Gasteiger partial charge in [-0.05, 0) is 18.5 Å². The standard InChI is InChI=1S/C5H4ClNO2S/c1-2-3(5(8)9)4(6)7-10-2/h1H3,(H,8,9). The molecule has 0 spiro atoms. The van der Waals surface area contributed by atoms with Crippen molar-refractivity contribution in [2.24, 2.45) is 0 Å². The van der Waals surface area contributed by atoms with Crippen LogP contribution in [0.2, 0.25) is 5.15 Å². The summed E-state index contributed by atoms with van der Waals surface area (Å²) in [6, 6.07) is 0. The van der Waals surface area contributed by atoms with Crippen LogP contribution in [0.5, 0.6) is 0 Å². The average molecular weight is 178 g/mol. The zero-order valence-corrected chi connectivity index (χ0v) is 6.66. The minimum absolute atomic E-state index is 0.0787. The van der Waals surface area contributed by atoms with Crippen LogP contribution in [0.1, 0.15) is 15.2 Å². The number of rotatable bonds is 1. The van der Waals surface area contributed by atoms with Gasteiger partial charge in [-0.25, -0.2) is 4.79 Å². The highest BCUT2D eigenvalue weighted by Gasteiger charge is 2.14. The third kappa shape index (κ3) is 1.12. The zero-order valence-electron chi connectivity index (χ0n) is 5.09. The van der Waals surface area contributed by atoms with E-state index in [1.165, 1.54) is 0 Å². The fraction of sp³-hybridized carbons (Fsp3) is 0.200. The van der Waals surface area contributed by atoms with Crippen LogP contribution in [-0.2, 0) is 0 Å². The molecule has 1 heterocycles. The Morgan fingerprint density at radius 3 is 2.60 bits per heavy atom. The molecule has 0 amide bonds. The van der Waals surface area contributed by atoms with Crippen molar-refractivity contribution in [1.29, 1.82) is 0 Å². The summed E-state index contributed by atoms with van der Waals surface area (Å²) in [7, 11) is 0. The Bertz CT molecular complexity index is 251. The minimum atomic E-state index is -1.02. The van der Waals surface area contributed by atoms with E-state index in [0.29, 0.717) is 4.88 Å². The maximum absolute atomic E-state index is 10.4. The van der Waals surface area contributed by atoms with E-state index in [9.17, 15) is 4.79 Å². The highest BCUT2D eigenvalue weighted by atomic mass is 35.5. The molecule has 0 aliphatic rings. The van der Waals surface area contributed by atoms with E-state index in [4.69, 9.17) is 16.7 Å². The second-order valence-electron chi connectivity index (χ2n) is 1.71. The molecule has 54 valence electrons. The van der Waals surface area contributed by atoms with E-state index in [1.54, 1.807) is 6.92 Å². The van der Waals surface area contributed by atoms with Gasteiger partial charge < -0.3 is 5.11 Å². The molecule has 3 nitrogen and oxygen atoms in total. The van der Waals surface area contributed by atoms with Crippen LogP contribution >= 0.6 is 23.1 Å². The van der Waals surface area contributed by atoms with E-state index in [0.717, 1.165) is 11.5 Å². The molecule has 0 aromatic carbocycles. The topological polar surface area (TPSA) is 50.2 Å². The van der Waals surface area contributed by atoms with Crippen LogP contribution in [0.25, 0.3) is 0 Å². The molecule has 0 radical (unpaired) electrons. The van der Waals surface area contributed by atoms with Gasteiger partial charge in [0.25, 0.3) is 0 Å². The van der Waals surface area contributed by atoms with E-state index in [-0.39, 0.29) is 10.7 Å². The van der Waals surface area contributed by atoms with Crippen LogP contribution in [0.15, 0.2) is 0 Å². The van der Waals surface area contributed by atoms with Gasteiger partial charge in [0, 0.05) is 4.88 Å². The lowest BCUT2D eigenvalue weighted by Crippen LogP contribution is -1.96. The predicted octanol–water partition coefficient (Wildman–Crippen LogP) is 1.80. The van der Waals surface area contributed by atoms with Crippen LogP contribution < -0.4 is 0 Å². The van der Waals surface area contributed by atoms with Crippen molar-refractivity contribution < 1.29 is 9.90 Å². The summed E-state index contributed by atoms with van der Waals surface area (Å²) >= 11 is 6.56. The molecule has 0 aliphatic carbocycles. The first-order chi connectivity index (χ1) is 4.63. The SMILES string of the molecule is Cc1snc(Cl)c1C(=O)O. The maximum Gasteiger partial charge on any atom is 0.340 e. The average Bonchev–Trinajstić information content (AvgIpc) is 2.11. The Hall–Kier alpha value is -0.610. The van der Waals surface area contributed by atoms with Crippen molar-refractivity contribution in [1.82, 2.24) is 4.37 Å². The molecule has 10 heavy (non-hydrogen) atoms. The number of carboxylic acid groups (broad SMARTS) is 1. The molecular weight excluding hydrogens is 174 g/mol. The summed E-state index contributed by atoms with van der Waals surface area (Å²) in [5.74, 6) is -1.02. The van der Waals surface area contributed by atoms with E-state index < -0.39 is 5.97 Å². The van der Waals surface area contributed by atoms with Crippen molar-refractivity contribution in [3.8, 4) is 0 Å². The van der Waals surface area contributed by atoms with Gasteiger partial charge in [-0.2, -0.15) is 4.37 Å². The van der Waals surface area contributed by atoms with Gasteiger partial charge in [-0.1, -0.05) is 11.6 Å². The molecule has 0 atom stereocenters. The molecule has 0 aliphatic heterocycles. The van der Waals surface area contributed by atoms with Crippen molar-refractivity contribution in [2.75, 3.05) is 0 Å². The number of carboxylic acids is 1. The summed E-state index contributed by atoms with van der Waals surface area (Å²) in [5.41, 5.74) is 0.117. The third-order valence-electron chi connectivity index (χ3n) is 1.03. The first kappa shape index (κ1) is 7.50. The van der Waals surface area contributed by atoms with E-state index in [2.05, 4.69) is 4.37 Å². The molecule has 5 heteroatoms. The molecule has 1 aromatic rings. The molecule has 0 saturated heterocycles. The lowest BCUT2D eigenvalue weighted by molar-refractivity contribution is 0.0697. The number of nitrogens with zero attached hydrogens (tertiary/aromatic N) is 1. The Morgan fingerprint density at radius 1 is 1.80 bits per heavy atom. The number of hydrogen-bond acceptors (Lipinski definition) is 3. The molecule has 1 aromatic heterocycles. The second-order valence-corrected chi connectivity index (χ2v) is 3.05. The van der Waals surface area contributed by atoms with Gasteiger partial charge in [0.2, 0.25) is 0 Å². The van der Waals surface area contributed by atoms with Crippen molar-refractivity contribution in [3.63, 3.8) is 0 Å². The van der Waals surface area contributed by atoms with Crippen LogP contribution in [0.3, 0.4) is 0 Å². The summed E-state index contributed by atoms with van der Waals surface area (Å²) in [6.45, 7) is 1.67. The quantitative estimate of drug-likeness (QED) is 0.712. The normalized spacial score (nSPS) is 9.80. The van der Waals surface area contributed by atoms with Gasteiger partial charge in [0.15, 0.2) is 5.15 Å². The van der Waals surface area contributed by atoms with Gasteiger partial charge in [-0.15, -0.1) is 0 Å². The molecule has 0 saturated carbocycles.